The Kier molecular flexibility index (Phi) is 4.95. The number of carboxylic acid groups (broad SMARTS) is 1. The van der Waals surface area contributed by atoms with E-state index >= 15 is 0 Å². The molecule has 0 unspecified atom stereocenters. The van der Waals surface area contributed by atoms with Gasteiger partial charge in [-0.15, -0.1) is 10.2 Å². The van der Waals surface area contributed by atoms with E-state index in [-0.39, 0.29) is 11.3 Å². The monoisotopic (exact) mass is 380 g/mol. The highest BCUT2D eigenvalue weighted by Crippen LogP contribution is 2.35. The highest BCUT2D eigenvalue weighted by atomic mass is 16.4. The average molecular weight is 380 g/mol. The number of benzene rings is 3. The molecule has 0 radical (unpaired) electrons. The fourth-order valence-corrected chi connectivity index (χ4v) is 3.23. The number of aromatic nitrogens is 2. The van der Waals surface area contributed by atoms with E-state index < -0.39 is 11.8 Å². The van der Waals surface area contributed by atoms with Gasteiger partial charge in [0.25, 0.3) is 0 Å². The zero-order valence-corrected chi connectivity index (χ0v) is 15.3. The second-order valence-electron chi connectivity index (χ2n) is 6.38. The minimum absolute atomic E-state index is 0.0313. The van der Waals surface area contributed by atoms with E-state index in [0.717, 1.165) is 5.56 Å². The lowest BCUT2D eigenvalue weighted by molar-refractivity contribution is 0.0685. The first-order chi connectivity index (χ1) is 14.2. The van der Waals surface area contributed by atoms with Gasteiger partial charge in [-0.1, -0.05) is 91.0 Å². The molecular formula is C24H16N2O3. The van der Waals surface area contributed by atoms with Crippen LogP contribution in [0.1, 0.15) is 26.4 Å². The van der Waals surface area contributed by atoms with E-state index in [9.17, 15) is 14.7 Å². The molecule has 140 valence electrons. The lowest BCUT2D eigenvalue weighted by Crippen LogP contribution is -2.16. The third-order valence-electron chi connectivity index (χ3n) is 4.55. The van der Waals surface area contributed by atoms with Crippen molar-refractivity contribution in [3.05, 3.63) is 108 Å². The van der Waals surface area contributed by atoms with Gasteiger partial charge in [0.15, 0.2) is 11.5 Å². The van der Waals surface area contributed by atoms with Crippen LogP contribution in [0.25, 0.3) is 22.4 Å². The smallest absolute Gasteiger partial charge is 0.357 e. The summed E-state index contributed by atoms with van der Waals surface area (Å²) in [5.41, 5.74) is 2.42. The molecule has 0 aliphatic rings. The number of rotatable bonds is 5. The SMILES string of the molecule is O=C(O)c1nnc(-c2ccccc2)c(-c2ccccc2)c1C(=O)c1ccccc1. The van der Waals surface area contributed by atoms with E-state index in [1.807, 2.05) is 60.7 Å². The fourth-order valence-electron chi connectivity index (χ4n) is 3.23. The molecule has 0 fully saturated rings. The molecule has 1 heterocycles. The molecule has 0 saturated carbocycles. The predicted molar refractivity (Wildman–Crippen MR) is 110 cm³/mol. The van der Waals surface area contributed by atoms with E-state index in [1.54, 1.807) is 30.3 Å². The van der Waals surface area contributed by atoms with Crippen molar-refractivity contribution in [3.8, 4) is 22.4 Å². The second kappa shape index (κ2) is 7.86. The highest BCUT2D eigenvalue weighted by Gasteiger charge is 2.28. The van der Waals surface area contributed by atoms with E-state index in [0.29, 0.717) is 22.4 Å². The van der Waals surface area contributed by atoms with Crippen molar-refractivity contribution >= 4 is 11.8 Å². The molecule has 0 atom stereocenters. The summed E-state index contributed by atoms with van der Waals surface area (Å²) in [5, 5.41) is 17.9. The van der Waals surface area contributed by atoms with Crippen LogP contribution >= 0.6 is 0 Å². The van der Waals surface area contributed by atoms with E-state index in [2.05, 4.69) is 10.2 Å². The van der Waals surface area contributed by atoms with Gasteiger partial charge in [-0.25, -0.2) is 4.79 Å². The van der Waals surface area contributed by atoms with Gasteiger partial charge in [0.2, 0.25) is 0 Å². The molecule has 0 saturated heterocycles. The first-order valence-corrected chi connectivity index (χ1v) is 9.01. The van der Waals surface area contributed by atoms with Crippen molar-refractivity contribution in [1.29, 1.82) is 0 Å². The molecule has 0 amide bonds. The lowest BCUT2D eigenvalue weighted by atomic mass is 9.90. The van der Waals surface area contributed by atoms with Gasteiger partial charge >= 0.3 is 5.97 Å². The first kappa shape index (κ1) is 18.3. The van der Waals surface area contributed by atoms with Crippen LogP contribution in [0.5, 0.6) is 0 Å². The molecule has 1 aromatic heterocycles. The van der Waals surface area contributed by atoms with Crippen molar-refractivity contribution in [2.75, 3.05) is 0 Å². The molecule has 4 rings (SSSR count). The van der Waals surface area contributed by atoms with Gasteiger partial charge < -0.3 is 5.11 Å². The van der Waals surface area contributed by atoms with Crippen molar-refractivity contribution in [2.45, 2.75) is 0 Å². The van der Waals surface area contributed by atoms with Gasteiger partial charge in [0.05, 0.1) is 5.56 Å². The number of hydrogen-bond donors (Lipinski definition) is 1. The molecule has 5 nitrogen and oxygen atoms in total. The summed E-state index contributed by atoms with van der Waals surface area (Å²) in [6.07, 6.45) is 0. The molecule has 0 bridgehead atoms. The zero-order chi connectivity index (χ0) is 20.2. The van der Waals surface area contributed by atoms with Crippen LogP contribution in [0.4, 0.5) is 0 Å². The minimum Gasteiger partial charge on any atom is -0.476 e. The van der Waals surface area contributed by atoms with Gasteiger partial charge in [-0.3, -0.25) is 4.79 Å². The van der Waals surface area contributed by atoms with E-state index in [1.165, 1.54) is 0 Å². The Balaban J connectivity index is 2.08. The highest BCUT2D eigenvalue weighted by molar-refractivity contribution is 6.18. The molecule has 1 N–H and O–H groups in total. The summed E-state index contributed by atoms with van der Waals surface area (Å²) in [4.78, 5) is 25.4. The molecular weight excluding hydrogens is 364 g/mol. The Morgan fingerprint density at radius 3 is 1.72 bits per heavy atom. The summed E-state index contributed by atoms with van der Waals surface area (Å²) < 4.78 is 0. The molecule has 4 aromatic rings. The standard InChI is InChI=1S/C24H16N2O3/c27-23(18-14-8-3-9-15-18)20-19(16-10-4-1-5-11-16)21(17-12-6-2-7-13-17)25-26-22(20)24(28)29/h1-15H,(H,28,29). The topological polar surface area (TPSA) is 80.2 Å². The number of carbonyl (C=O) groups is 2. The van der Waals surface area contributed by atoms with Crippen molar-refractivity contribution < 1.29 is 14.7 Å². The van der Waals surface area contributed by atoms with Crippen LogP contribution in [-0.2, 0) is 0 Å². The van der Waals surface area contributed by atoms with Crippen molar-refractivity contribution in [1.82, 2.24) is 10.2 Å². The summed E-state index contributed by atoms with van der Waals surface area (Å²) in [6.45, 7) is 0. The quantitative estimate of drug-likeness (QED) is 0.506. The largest absolute Gasteiger partial charge is 0.476 e. The number of carbonyl (C=O) groups excluding carboxylic acids is 1. The molecule has 0 aliphatic heterocycles. The maximum atomic E-state index is 13.4. The molecule has 5 heteroatoms. The average Bonchev–Trinajstić information content (AvgIpc) is 2.79. The van der Waals surface area contributed by atoms with Gasteiger partial charge in [-0.05, 0) is 5.56 Å². The minimum atomic E-state index is -1.30. The maximum absolute atomic E-state index is 13.4. The summed E-state index contributed by atoms with van der Waals surface area (Å²) in [5.74, 6) is -1.71. The second-order valence-corrected chi connectivity index (χ2v) is 6.38. The maximum Gasteiger partial charge on any atom is 0.357 e. The summed E-state index contributed by atoms with van der Waals surface area (Å²) >= 11 is 0. The fraction of sp³-hybridized carbons (Fsp3) is 0. The Bertz CT molecular complexity index is 1170. The summed E-state index contributed by atoms with van der Waals surface area (Å²) in [7, 11) is 0. The number of ketones is 1. The zero-order valence-electron chi connectivity index (χ0n) is 15.3. The predicted octanol–water partition coefficient (Wildman–Crippen LogP) is 4.74. The molecule has 29 heavy (non-hydrogen) atoms. The van der Waals surface area contributed by atoms with Crippen LogP contribution < -0.4 is 0 Å². The Morgan fingerprint density at radius 2 is 1.17 bits per heavy atom. The van der Waals surface area contributed by atoms with Crippen LogP contribution in [-0.4, -0.2) is 27.1 Å². The summed E-state index contributed by atoms with van der Waals surface area (Å²) in [6, 6.07) is 27.1. The molecule has 0 spiro atoms. The van der Waals surface area contributed by atoms with Crippen LogP contribution in [0.15, 0.2) is 91.0 Å². The number of hydrogen-bond acceptors (Lipinski definition) is 4. The van der Waals surface area contributed by atoms with E-state index in [4.69, 9.17) is 0 Å². The number of aromatic carboxylic acids is 1. The normalized spacial score (nSPS) is 10.5. The third-order valence-corrected chi connectivity index (χ3v) is 4.55. The van der Waals surface area contributed by atoms with Gasteiger partial charge in [0.1, 0.15) is 5.69 Å². The van der Waals surface area contributed by atoms with Gasteiger partial charge in [0, 0.05) is 16.7 Å². The van der Waals surface area contributed by atoms with Crippen molar-refractivity contribution in [3.63, 3.8) is 0 Å². The van der Waals surface area contributed by atoms with Crippen LogP contribution in [0.3, 0.4) is 0 Å². The molecule has 3 aromatic carbocycles. The van der Waals surface area contributed by atoms with Crippen molar-refractivity contribution in [2.24, 2.45) is 0 Å². The lowest BCUT2D eigenvalue weighted by Gasteiger charge is -2.15. The first-order valence-electron chi connectivity index (χ1n) is 9.01. The van der Waals surface area contributed by atoms with Crippen LogP contribution in [0, 0.1) is 0 Å². The Labute approximate surface area is 167 Å². The Morgan fingerprint density at radius 1 is 0.655 bits per heavy atom. The molecule has 0 aliphatic carbocycles. The number of carboxylic acids is 1. The Hall–Kier alpha value is -4.12. The van der Waals surface area contributed by atoms with Gasteiger partial charge in [-0.2, -0.15) is 0 Å². The van der Waals surface area contributed by atoms with Crippen LogP contribution in [0.2, 0.25) is 0 Å². The number of nitrogens with zero attached hydrogens (tertiary/aromatic N) is 2. The third kappa shape index (κ3) is 3.53.